The number of rotatable bonds is 3. The molecule has 0 aliphatic heterocycles. The highest BCUT2D eigenvalue weighted by Gasteiger charge is 2.17. The van der Waals surface area contributed by atoms with Crippen LogP contribution < -0.4 is 5.32 Å². The van der Waals surface area contributed by atoms with Crippen LogP contribution in [0.15, 0.2) is 18.2 Å². The smallest absolute Gasteiger partial charge is 0.165 e. The van der Waals surface area contributed by atoms with Crippen LogP contribution in [0.5, 0.6) is 5.75 Å². The van der Waals surface area contributed by atoms with Gasteiger partial charge in [0.25, 0.3) is 0 Å². The third-order valence-electron chi connectivity index (χ3n) is 3.62. The van der Waals surface area contributed by atoms with Crippen LogP contribution in [0.25, 0.3) is 0 Å². The second-order valence-electron chi connectivity index (χ2n) is 5.12. The molecule has 1 aliphatic carbocycles. The fourth-order valence-corrected chi connectivity index (χ4v) is 2.39. The fraction of sp³-hybridized carbons (Fsp3) is 0.571. The Bertz CT molecular complexity index is 372. The van der Waals surface area contributed by atoms with Gasteiger partial charge in [-0.3, -0.25) is 0 Å². The highest BCUT2D eigenvalue weighted by Crippen LogP contribution is 2.24. The van der Waals surface area contributed by atoms with Crippen molar-refractivity contribution in [3.63, 3.8) is 0 Å². The highest BCUT2D eigenvalue weighted by atomic mass is 19.1. The van der Waals surface area contributed by atoms with E-state index in [0.717, 1.165) is 11.5 Å². The normalized spacial score (nSPS) is 24.8. The van der Waals surface area contributed by atoms with Crippen molar-refractivity contribution in [1.29, 1.82) is 0 Å². The Morgan fingerprint density at radius 3 is 2.65 bits per heavy atom. The summed E-state index contributed by atoms with van der Waals surface area (Å²) in [5, 5.41) is 12.6. The van der Waals surface area contributed by atoms with Gasteiger partial charge in [0.05, 0.1) is 0 Å². The monoisotopic (exact) mass is 237 g/mol. The summed E-state index contributed by atoms with van der Waals surface area (Å²) < 4.78 is 13.1. The van der Waals surface area contributed by atoms with E-state index in [9.17, 15) is 4.39 Å². The number of phenolic OH excluding ortho intramolecular Hbond substituents is 1. The Balaban J connectivity index is 1.83. The van der Waals surface area contributed by atoms with Crippen LogP contribution in [-0.4, -0.2) is 11.1 Å². The van der Waals surface area contributed by atoms with Crippen LogP contribution in [0.1, 0.15) is 38.2 Å². The second kappa shape index (κ2) is 5.50. The topological polar surface area (TPSA) is 32.3 Å². The zero-order chi connectivity index (χ0) is 12.3. The molecule has 1 aliphatic rings. The maximum absolute atomic E-state index is 13.1. The molecule has 0 bridgehead atoms. The van der Waals surface area contributed by atoms with E-state index in [1.807, 2.05) is 0 Å². The lowest BCUT2D eigenvalue weighted by molar-refractivity contribution is 0.306. The Morgan fingerprint density at radius 1 is 1.29 bits per heavy atom. The summed E-state index contributed by atoms with van der Waals surface area (Å²) in [5.41, 5.74) is 0.888. The molecule has 2 rings (SSSR count). The standard InChI is InChI=1S/C14H20FNO/c1-10-2-5-12(6-3-10)16-9-11-4-7-14(17)13(15)8-11/h4,7-8,10,12,16-17H,2-3,5-6,9H2,1H3. The zero-order valence-electron chi connectivity index (χ0n) is 10.2. The van der Waals surface area contributed by atoms with Gasteiger partial charge in [0.2, 0.25) is 0 Å². The summed E-state index contributed by atoms with van der Waals surface area (Å²) in [7, 11) is 0. The number of halogens is 1. The number of hydrogen-bond donors (Lipinski definition) is 2. The lowest BCUT2D eigenvalue weighted by atomic mass is 9.87. The summed E-state index contributed by atoms with van der Waals surface area (Å²) >= 11 is 0. The molecule has 1 aromatic carbocycles. The molecule has 1 saturated carbocycles. The molecule has 1 fully saturated rings. The van der Waals surface area contributed by atoms with Gasteiger partial charge < -0.3 is 10.4 Å². The number of hydrogen-bond acceptors (Lipinski definition) is 2. The number of nitrogens with one attached hydrogen (secondary N) is 1. The first kappa shape index (κ1) is 12.4. The number of benzene rings is 1. The van der Waals surface area contributed by atoms with Crippen LogP contribution in [0, 0.1) is 11.7 Å². The molecule has 94 valence electrons. The summed E-state index contributed by atoms with van der Waals surface area (Å²) in [4.78, 5) is 0. The maximum Gasteiger partial charge on any atom is 0.165 e. The summed E-state index contributed by atoms with van der Waals surface area (Å²) in [5.74, 6) is 0.0287. The molecule has 1 aromatic rings. The van der Waals surface area contributed by atoms with E-state index >= 15 is 0 Å². The molecule has 17 heavy (non-hydrogen) atoms. The highest BCUT2D eigenvalue weighted by molar-refractivity contribution is 5.27. The van der Waals surface area contributed by atoms with Gasteiger partial charge in [-0.25, -0.2) is 4.39 Å². The molecular weight excluding hydrogens is 217 g/mol. The largest absolute Gasteiger partial charge is 0.505 e. The van der Waals surface area contributed by atoms with E-state index in [2.05, 4.69) is 12.2 Å². The predicted octanol–water partition coefficient (Wildman–Crippen LogP) is 3.20. The zero-order valence-corrected chi connectivity index (χ0v) is 10.2. The van der Waals surface area contributed by atoms with Crippen molar-refractivity contribution in [3.05, 3.63) is 29.6 Å². The quantitative estimate of drug-likeness (QED) is 0.846. The van der Waals surface area contributed by atoms with Crippen LogP contribution in [0.3, 0.4) is 0 Å². The maximum atomic E-state index is 13.1. The van der Waals surface area contributed by atoms with Crippen LogP contribution in [0.4, 0.5) is 4.39 Å². The molecular formula is C14H20FNO. The average Bonchev–Trinajstić information content (AvgIpc) is 2.33. The van der Waals surface area contributed by atoms with Crippen molar-refractivity contribution in [2.45, 2.75) is 45.2 Å². The van der Waals surface area contributed by atoms with Crippen LogP contribution in [-0.2, 0) is 6.54 Å². The number of aromatic hydroxyl groups is 1. The number of phenols is 1. The SMILES string of the molecule is CC1CCC(NCc2ccc(O)c(F)c2)CC1. The lowest BCUT2D eigenvalue weighted by Gasteiger charge is -2.27. The minimum absolute atomic E-state index is 0.278. The van der Waals surface area contributed by atoms with Gasteiger partial charge in [-0.15, -0.1) is 0 Å². The Hall–Kier alpha value is -1.09. The first-order chi connectivity index (χ1) is 8.15. The molecule has 0 spiro atoms. The van der Waals surface area contributed by atoms with Crippen molar-refractivity contribution in [2.24, 2.45) is 5.92 Å². The molecule has 0 saturated heterocycles. The van der Waals surface area contributed by atoms with Crippen molar-refractivity contribution >= 4 is 0 Å². The average molecular weight is 237 g/mol. The minimum Gasteiger partial charge on any atom is -0.505 e. The molecule has 2 N–H and O–H groups in total. The van der Waals surface area contributed by atoms with Gasteiger partial charge in [-0.1, -0.05) is 13.0 Å². The van der Waals surface area contributed by atoms with Gasteiger partial charge in [0.15, 0.2) is 11.6 Å². The van der Waals surface area contributed by atoms with Crippen molar-refractivity contribution in [1.82, 2.24) is 5.32 Å². The molecule has 0 amide bonds. The van der Waals surface area contributed by atoms with E-state index in [0.29, 0.717) is 12.6 Å². The third-order valence-corrected chi connectivity index (χ3v) is 3.62. The predicted molar refractivity (Wildman–Crippen MR) is 66.3 cm³/mol. The molecule has 0 unspecified atom stereocenters. The molecule has 0 atom stereocenters. The summed E-state index contributed by atoms with van der Waals surface area (Å²) in [6.45, 7) is 2.97. The molecule has 3 heteroatoms. The molecule has 2 nitrogen and oxygen atoms in total. The summed E-state index contributed by atoms with van der Waals surface area (Å²) in [6, 6.07) is 5.13. The van der Waals surface area contributed by atoms with Crippen molar-refractivity contribution < 1.29 is 9.50 Å². The molecule has 0 radical (unpaired) electrons. The Morgan fingerprint density at radius 2 is 2.00 bits per heavy atom. The van der Waals surface area contributed by atoms with E-state index < -0.39 is 5.82 Å². The van der Waals surface area contributed by atoms with E-state index in [1.165, 1.54) is 37.8 Å². The minimum atomic E-state index is -0.540. The summed E-state index contributed by atoms with van der Waals surface area (Å²) in [6.07, 6.45) is 4.98. The van der Waals surface area contributed by atoms with E-state index in [1.54, 1.807) is 6.07 Å². The Kier molecular flexibility index (Phi) is 4.00. The molecule has 0 aromatic heterocycles. The van der Waals surface area contributed by atoms with E-state index in [-0.39, 0.29) is 5.75 Å². The lowest BCUT2D eigenvalue weighted by Crippen LogP contribution is -2.32. The first-order valence-corrected chi connectivity index (χ1v) is 6.36. The third kappa shape index (κ3) is 3.43. The Labute approximate surface area is 102 Å². The van der Waals surface area contributed by atoms with Crippen LogP contribution >= 0.6 is 0 Å². The molecule has 0 heterocycles. The van der Waals surface area contributed by atoms with Gasteiger partial charge in [0.1, 0.15) is 0 Å². The fourth-order valence-electron chi connectivity index (χ4n) is 2.39. The van der Waals surface area contributed by atoms with Gasteiger partial charge in [-0.05, 0) is 49.3 Å². The second-order valence-corrected chi connectivity index (χ2v) is 5.12. The van der Waals surface area contributed by atoms with Gasteiger partial charge in [0, 0.05) is 12.6 Å². The van der Waals surface area contributed by atoms with Gasteiger partial charge in [-0.2, -0.15) is 0 Å². The van der Waals surface area contributed by atoms with E-state index in [4.69, 9.17) is 5.11 Å². The van der Waals surface area contributed by atoms with Crippen molar-refractivity contribution in [2.75, 3.05) is 0 Å². The van der Waals surface area contributed by atoms with Crippen LogP contribution in [0.2, 0.25) is 0 Å². The van der Waals surface area contributed by atoms with Crippen molar-refractivity contribution in [3.8, 4) is 5.75 Å². The van der Waals surface area contributed by atoms with Gasteiger partial charge >= 0.3 is 0 Å². The first-order valence-electron chi connectivity index (χ1n) is 6.36.